The van der Waals surface area contributed by atoms with Crippen LogP contribution in [0.5, 0.6) is 0 Å². The van der Waals surface area contributed by atoms with Gasteiger partial charge in [-0.3, -0.25) is 10.2 Å². The quantitative estimate of drug-likeness (QED) is 0.521. The number of carbonyl (C=O) groups is 1. The summed E-state index contributed by atoms with van der Waals surface area (Å²) in [6.07, 6.45) is -0.534. The number of rotatable bonds is 6. The van der Waals surface area contributed by atoms with E-state index in [9.17, 15) is 4.79 Å². The highest BCUT2D eigenvalue weighted by Gasteiger charge is 2.41. The average Bonchev–Trinajstić information content (AvgIpc) is 2.77. The number of hydrogen-bond donors (Lipinski definition) is 1. The molecule has 0 radical (unpaired) electrons. The van der Waals surface area contributed by atoms with E-state index in [4.69, 9.17) is 16.3 Å². The Morgan fingerprint density at radius 2 is 1.42 bits per heavy atom. The molecule has 1 amide bonds. The molecule has 0 atom stereocenters. The Bertz CT molecular complexity index is 998. The van der Waals surface area contributed by atoms with Gasteiger partial charge in [-0.25, -0.2) is 4.79 Å². The van der Waals surface area contributed by atoms with Crippen molar-refractivity contribution < 1.29 is 9.53 Å². The van der Waals surface area contributed by atoms with Crippen LogP contribution in [0.25, 0.3) is 0 Å². The van der Waals surface area contributed by atoms with Crippen molar-refractivity contribution in [1.82, 2.24) is 4.90 Å². The summed E-state index contributed by atoms with van der Waals surface area (Å²) in [6, 6.07) is 24.2. The van der Waals surface area contributed by atoms with Gasteiger partial charge in [0, 0.05) is 25.3 Å². The van der Waals surface area contributed by atoms with Crippen molar-refractivity contribution in [2.45, 2.75) is 5.54 Å². The number of hydrogen-bond acceptors (Lipinski definition) is 4. The second kappa shape index (κ2) is 9.41. The van der Waals surface area contributed by atoms with Gasteiger partial charge in [-0.05, 0) is 37.4 Å². The maximum atomic E-state index is 12.0. The van der Waals surface area contributed by atoms with Crippen molar-refractivity contribution in [3.63, 3.8) is 0 Å². The predicted molar refractivity (Wildman–Crippen MR) is 128 cm³/mol. The third kappa shape index (κ3) is 4.24. The third-order valence-corrected chi connectivity index (χ3v) is 5.81. The topological polar surface area (TPSA) is 44.8 Å². The Morgan fingerprint density at radius 3 is 1.84 bits per heavy atom. The van der Waals surface area contributed by atoms with Crippen LogP contribution in [-0.4, -0.2) is 46.3 Å². The van der Waals surface area contributed by atoms with Crippen LogP contribution in [0.15, 0.2) is 72.8 Å². The summed E-state index contributed by atoms with van der Waals surface area (Å²) in [6.45, 7) is 0. The van der Waals surface area contributed by atoms with Gasteiger partial charge in [0.05, 0.1) is 23.4 Å². The number of nitrogens with one attached hydrogen (secondary N) is 1. The number of ether oxygens (including phenoxy) is 1. The van der Waals surface area contributed by atoms with E-state index in [1.54, 1.807) is 0 Å². The summed E-state index contributed by atoms with van der Waals surface area (Å²) in [5, 5.41) is 3.42. The molecule has 6 heteroatoms. The zero-order chi connectivity index (χ0) is 22.6. The van der Waals surface area contributed by atoms with E-state index in [1.807, 2.05) is 81.6 Å². The number of amides is 1. The minimum atomic E-state index is -0.696. The molecule has 0 fully saturated rings. The molecule has 0 spiro atoms. The fraction of sp³-hybridized carbons (Fsp3) is 0.240. The second-order valence-electron chi connectivity index (χ2n) is 7.70. The van der Waals surface area contributed by atoms with E-state index in [-0.39, 0.29) is 0 Å². The molecule has 0 bridgehead atoms. The molecule has 0 aliphatic heterocycles. The third-order valence-electron chi connectivity index (χ3n) is 5.41. The highest BCUT2D eigenvalue weighted by atomic mass is 35.5. The Hall–Kier alpha value is -3.02. The molecule has 0 saturated heterocycles. The van der Waals surface area contributed by atoms with E-state index < -0.39 is 11.6 Å². The molecule has 0 aromatic heterocycles. The van der Waals surface area contributed by atoms with E-state index in [2.05, 4.69) is 34.5 Å². The van der Waals surface area contributed by atoms with Gasteiger partial charge >= 0.3 is 6.09 Å². The van der Waals surface area contributed by atoms with Crippen LogP contribution in [0.2, 0.25) is 5.02 Å². The van der Waals surface area contributed by atoms with Crippen LogP contribution >= 0.6 is 11.6 Å². The van der Waals surface area contributed by atoms with Gasteiger partial charge in [0.25, 0.3) is 0 Å². The highest BCUT2D eigenvalue weighted by Crippen LogP contribution is 2.47. The standard InChI is InChI=1S/C25H28ClN3O2/c1-28(2)22-17-20(27-24(30)31-5)16-21(23(22)26)25(29(3)4,18-12-8-6-9-13-18)19-14-10-7-11-15-19/h6-17H,1-5H3,(H,27,30). The first-order valence-corrected chi connectivity index (χ1v) is 10.3. The van der Waals surface area contributed by atoms with Gasteiger partial charge in [0.2, 0.25) is 0 Å². The van der Waals surface area contributed by atoms with Crippen LogP contribution in [0.3, 0.4) is 0 Å². The number of halogens is 1. The van der Waals surface area contributed by atoms with Gasteiger partial charge in [-0.2, -0.15) is 0 Å². The SMILES string of the molecule is COC(=O)Nc1cc(N(C)C)c(Cl)c(C(c2ccccc2)(c2ccccc2)N(C)C)c1. The number of anilines is 2. The van der Waals surface area contributed by atoms with E-state index in [0.717, 1.165) is 22.4 Å². The zero-order valence-electron chi connectivity index (χ0n) is 18.5. The molecule has 0 saturated carbocycles. The largest absolute Gasteiger partial charge is 0.453 e. The lowest BCUT2D eigenvalue weighted by atomic mass is 9.75. The number of benzene rings is 3. The molecule has 3 aromatic carbocycles. The molecular formula is C25H28ClN3O2. The predicted octanol–water partition coefficient (Wildman–Crippen LogP) is 5.44. The van der Waals surface area contributed by atoms with Crippen LogP contribution in [0.4, 0.5) is 16.2 Å². The lowest BCUT2D eigenvalue weighted by Crippen LogP contribution is -2.44. The Balaban J connectivity index is 2.43. The Kier molecular flexibility index (Phi) is 6.88. The molecule has 0 aliphatic rings. The van der Waals surface area contributed by atoms with Crippen LogP contribution in [0, 0.1) is 0 Å². The summed E-state index contributed by atoms with van der Waals surface area (Å²) in [5.74, 6) is 0. The van der Waals surface area contributed by atoms with Crippen molar-refractivity contribution in [2.24, 2.45) is 0 Å². The molecule has 3 aromatic rings. The van der Waals surface area contributed by atoms with Crippen molar-refractivity contribution >= 4 is 29.1 Å². The number of carbonyl (C=O) groups excluding carboxylic acids is 1. The minimum Gasteiger partial charge on any atom is -0.453 e. The molecular weight excluding hydrogens is 410 g/mol. The van der Waals surface area contributed by atoms with E-state index in [0.29, 0.717) is 10.7 Å². The van der Waals surface area contributed by atoms with Gasteiger partial charge < -0.3 is 9.64 Å². The zero-order valence-corrected chi connectivity index (χ0v) is 19.3. The average molecular weight is 438 g/mol. The van der Waals surface area contributed by atoms with Crippen molar-refractivity contribution in [3.8, 4) is 0 Å². The fourth-order valence-electron chi connectivity index (χ4n) is 4.03. The minimum absolute atomic E-state index is 0.534. The first-order valence-electron chi connectivity index (χ1n) is 9.97. The molecule has 0 heterocycles. The summed E-state index contributed by atoms with van der Waals surface area (Å²) >= 11 is 7.06. The normalized spacial score (nSPS) is 11.3. The van der Waals surface area contributed by atoms with Crippen LogP contribution in [0.1, 0.15) is 16.7 Å². The van der Waals surface area contributed by atoms with E-state index in [1.165, 1.54) is 7.11 Å². The van der Waals surface area contributed by atoms with Gasteiger partial charge in [0.15, 0.2) is 0 Å². The molecule has 5 nitrogen and oxygen atoms in total. The maximum Gasteiger partial charge on any atom is 0.411 e. The lowest BCUT2D eigenvalue weighted by Gasteiger charge is -2.43. The van der Waals surface area contributed by atoms with Crippen molar-refractivity contribution in [1.29, 1.82) is 0 Å². The fourth-order valence-corrected chi connectivity index (χ4v) is 4.45. The van der Waals surface area contributed by atoms with Crippen molar-refractivity contribution in [2.75, 3.05) is 45.5 Å². The monoisotopic (exact) mass is 437 g/mol. The Labute approximate surface area is 189 Å². The maximum absolute atomic E-state index is 12.0. The van der Waals surface area contributed by atoms with Crippen LogP contribution < -0.4 is 10.2 Å². The van der Waals surface area contributed by atoms with Crippen LogP contribution in [-0.2, 0) is 10.3 Å². The smallest absolute Gasteiger partial charge is 0.411 e. The summed E-state index contributed by atoms with van der Waals surface area (Å²) in [7, 11) is 9.26. The highest BCUT2D eigenvalue weighted by molar-refractivity contribution is 6.34. The first-order chi connectivity index (χ1) is 14.8. The number of methoxy groups -OCH3 is 1. The van der Waals surface area contributed by atoms with E-state index >= 15 is 0 Å². The van der Waals surface area contributed by atoms with Gasteiger partial charge in [-0.15, -0.1) is 0 Å². The number of nitrogens with zero attached hydrogens (tertiary/aromatic N) is 2. The molecule has 162 valence electrons. The first kappa shape index (κ1) is 22.7. The molecule has 1 N–H and O–H groups in total. The Morgan fingerprint density at radius 1 is 0.903 bits per heavy atom. The molecule has 0 aliphatic carbocycles. The molecule has 3 rings (SSSR count). The van der Waals surface area contributed by atoms with Gasteiger partial charge in [-0.1, -0.05) is 72.3 Å². The molecule has 0 unspecified atom stereocenters. The van der Waals surface area contributed by atoms with Crippen molar-refractivity contribution in [3.05, 3.63) is 94.5 Å². The summed E-state index contributed by atoms with van der Waals surface area (Å²) in [5.41, 5.74) is 3.69. The second-order valence-corrected chi connectivity index (χ2v) is 8.08. The summed E-state index contributed by atoms with van der Waals surface area (Å²) < 4.78 is 4.82. The lowest BCUT2D eigenvalue weighted by molar-refractivity contribution is 0.187. The van der Waals surface area contributed by atoms with Gasteiger partial charge in [0.1, 0.15) is 0 Å². The molecule has 31 heavy (non-hydrogen) atoms. The summed E-state index contributed by atoms with van der Waals surface area (Å²) in [4.78, 5) is 16.1.